The predicted octanol–water partition coefficient (Wildman–Crippen LogP) is 1.41. The number of aliphatic hydroxyl groups excluding tert-OH is 1. The van der Waals surface area contributed by atoms with Gasteiger partial charge in [-0.1, -0.05) is 26.0 Å². The monoisotopic (exact) mass is 292 g/mol. The minimum Gasteiger partial charge on any atom is -0.394 e. The molecule has 0 heterocycles. The van der Waals surface area contributed by atoms with Crippen LogP contribution in [-0.4, -0.2) is 41.5 Å². The SMILES string of the molecule is CC(CO)NC(=O)c1ccc(CN(C)C(=O)C(C)C)cc1. The Morgan fingerprint density at radius 1 is 1.19 bits per heavy atom. The summed E-state index contributed by atoms with van der Waals surface area (Å²) in [5.74, 6) is -0.150. The molecule has 116 valence electrons. The van der Waals surface area contributed by atoms with Gasteiger partial charge in [-0.3, -0.25) is 9.59 Å². The summed E-state index contributed by atoms with van der Waals surface area (Å²) in [6.07, 6.45) is 0. The Kier molecular flexibility index (Phi) is 6.37. The highest BCUT2D eigenvalue weighted by molar-refractivity contribution is 5.94. The molecule has 0 saturated carbocycles. The topological polar surface area (TPSA) is 69.6 Å². The summed E-state index contributed by atoms with van der Waals surface area (Å²) in [5.41, 5.74) is 1.51. The smallest absolute Gasteiger partial charge is 0.251 e. The molecule has 0 aliphatic carbocycles. The lowest BCUT2D eigenvalue weighted by Crippen LogP contribution is -2.35. The molecule has 0 aromatic heterocycles. The van der Waals surface area contributed by atoms with Crippen molar-refractivity contribution in [3.05, 3.63) is 35.4 Å². The maximum Gasteiger partial charge on any atom is 0.251 e. The Hall–Kier alpha value is -1.88. The van der Waals surface area contributed by atoms with Gasteiger partial charge in [-0.05, 0) is 24.6 Å². The van der Waals surface area contributed by atoms with Crippen molar-refractivity contribution >= 4 is 11.8 Å². The molecule has 0 aliphatic heterocycles. The first-order valence-electron chi connectivity index (χ1n) is 7.10. The van der Waals surface area contributed by atoms with E-state index in [0.717, 1.165) is 5.56 Å². The van der Waals surface area contributed by atoms with Crippen LogP contribution in [0.5, 0.6) is 0 Å². The molecule has 0 bridgehead atoms. The lowest BCUT2D eigenvalue weighted by molar-refractivity contribution is -0.133. The number of benzene rings is 1. The van der Waals surface area contributed by atoms with Crippen LogP contribution in [0.3, 0.4) is 0 Å². The zero-order valence-electron chi connectivity index (χ0n) is 13.1. The van der Waals surface area contributed by atoms with E-state index in [-0.39, 0.29) is 30.4 Å². The van der Waals surface area contributed by atoms with E-state index in [1.165, 1.54) is 0 Å². The molecule has 1 unspecified atom stereocenters. The van der Waals surface area contributed by atoms with Crippen LogP contribution in [-0.2, 0) is 11.3 Å². The fourth-order valence-electron chi connectivity index (χ4n) is 1.91. The standard InChI is InChI=1S/C16H24N2O3/c1-11(2)16(21)18(4)9-13-5-7-14(8-6-13)15(20)17-12(3)10-19/h5-8,11-12,19H,9-10H2,1-4H3,(H,17,20). The highest BCUT2D eigenvalue weighted by Gasteiger charge is 2.13. The third-order valence-electron chi connectivity index (χ3n) is 3.16. The molecular weight excluding hydrogens is 268 g/mol. The molecule has 21 heavy (non-hydrogen) atoms. The highest BCUT2D eigenvalue weighted by atomic mass is 16.3. The largest absolute Gasteiger partial charge is 0.394 e. The van der Waals surface area contributed by atoms with Gasteiger partial charge in [0.15, 0.2) is 0 Å². The first-order chi connectivity index (χ1) is 9.85. The molecule has 2 amide bonds. The summed E-state index contributed by atoms with van der Waals surface area (Å²) in [7, 11) is 1.77. The molecule has 0 saturated heterocycles. The molecule has 1 aromatic carbocycles. The number of nitrogens with one attached hydrogen (secondary N) is 1. The molecule has 0 aliphatic rings. The fraction of sp³-hybridized carbons (Fsp3) is 0.500. The number of carbonyl (C=O) groups is 2. The normalized spacial score (nSPS) is 12.1. The average Bonchev–Trinajstić information content (AvgIpc) is 2.46. The number of aliphatic hydroxyl groups is 1. The van der Waals surface area contributed by atoms with Gasteiger partial charge in [-0.2, -0.15) is 0 Å². The Morgan fingerprint density at radius 3 is 2.24 bits per heavy atom. The number of hydrogen-bond donors (Lipinski definition) is 2. The molecule has 1 atom stereocenters. The van der Waals surface area contributed by atoms with Crippen LogP contribution in [0.1, 0.15) is 36.7 Å². The maximum atomic E-state index is 11.9. The number of amides is 2. The maximum absolute atomic E-state index is 11.9. The summed E-state index contributed by atoms with van der Waals surface area (Å²) in [4.78, 5) is 25.3. The van der Waals surface area contributed by atoms with Crippen molar-refractivity contribution in [1.29, 1.82) is 0 Å². The summed E-state index contributed by atoms with van der Waals surface area (Å²) >= 11 is 0. The van der Waals surface area contributed by atoms with Gasteiger partial charge < -0.3 is 15.3 Å². The lowest BCUT2D eigenvalue weighted by atomic mass is 10.1. The van der Waals surface area contributed by atoms with E-state index in [0.29, 0.717) is 12.1 Å². The van der Waals surface area contributed by atoms with Crippen LogP contribution in [0.2, 0.25) is 0 Å². The Balaban J connectivity index is 2.66. The van der Waals surface area contributed by atoms with Gasteiger partial charge in [0.2, 0.25) is 5.91 Å². The van der Waals surface area contributed by atoms with E-state index >= 15 is 0 Å². The third-order valence-corrected chi connectivity index (χ3v) is 3.16. The van der Waals surface area contributed by atoms with Gasteiger partial charge in [-0.15, -0.1) is 0 Å². The van der Waals surface area contributed by atoms with Gasteiger partial charge in [0.05, 0.1) is 6.61 Å². The van der Waals surface area contributed by atoms with E-state index in [9.17, 15) is 9.59 Å². The first-order valence-corrected chi connectivity index (χ1v) is 7.10. The number of nitrogens with zero attached hydrogens (tertiary/aromatic N) is 1. The second kappa shape index (κ2) is 7.78. The van der Waals surface area contributed by atoms with Gasteiger partial charge >= 0.3 is 0 Å². The summed E-state index contributed by atoms with van der Waals surface area (Å²) in [5, 5.41) is 11.6. The zero-order valence-corrected chi connectivity index (χ0v) is 13.1. The van der Waals surface area contributed by atoms with Crippen molar-refractivity contribution < 1.29 is 14.7 Å². The van der Waals surface area contributed by atoms with Crippen molar-refractivity contribution in [2.45, 2.75) is 33.4 Å². The van der Waals surface area contributed by atoms with Crippen LogP contribution < -0.4 is 5.32 Å². The van der Waals surface area contributed by atoms with E-state index < -0.39 is 0 Å². The molecule has 5 nitrogen and oxygen atoms in total. The van der Waals surface area contributed by atoms with Crippen molar-refractivity contribution in [3.63, 3.8) is 0 Å². The first kappa shape index (κ1) is 17.2. The van der Waals surface area contributed by atoms with Crippen LogP contribution >= 0.6 is 0 Å². The molecule has 1 rings (SSSR count). The molecule has 1 aromatic rings. The molecule has 0 spiro atoms. The Morgan fingerprint density at radius 2 is 1.76 bits per heavy atom. The van der Waals surface area contributed by atoms with Gasteiger partial charge in [0, 0.05) is 31.1 Å². The molecule has 0 fully saturated rings. The molecule has 2 N–H and O–H groups in total. The summed E-state index contributed by atoms with van der Waals surface area (Å²) < 4.78 is 0. The van der Waals surface area contributed by atoms with Crippen LogP contribution in [0.25, 0.3) is 0 Å². The van der Waals surface area contributed by atoms with Gasteiger partial charge in [-0.25, -0.2) is 0 Å². The van der Waals surface area contributed by atoms with Crippen molar-refractivity contribution in [1.82, 2.24) is 10.2 Å². The minimum absolute atomic E-state index is 0.0278. The Bertz CT molecular complexity index is 483. The summed E-state index contributed by atoms with van der Waals surface area (Å²) in [6, 6.07) is 6.85. The second-order valence-corrected chi connectivity index (χ2v) is 5.60. The number of hydrogen-bond acceptors (Lipinski definition) is 3. The van der Waals surface area contributed by atoms with Crippen LogP contribution in [0.4, 0.5) is 0 Å². The van der Waals surface area contributed by atoms with E-state index in [4.69, 9.17) is 5.11 Å². The van der Waals surface area contributed by atoms with Crippen LogP contribution in [0, 0.1) is 5.92 Å². The quantitative estimate of drug-likeness (QED) is 0.833. The van der Waals surface area contributed by atoms with Crippen molar-refractivity contribution in [2.75, 3.05) is 13.7 Å². The second-order valence-electron chi connectivity index (χ2n) is 5.60. The minimum atomic E-state index is -0.271. The van der Waals surface area contributed by atoms with Crippen molar-refractivity contribution in [3.8, 4) is 0 Å². The van der Waals surface area contributed by atoms with E-state index in [2.05, 4.69) is 5.32 Å². The number of carbonyl (C=O) groups excluding carboxylic acids is 2. The zero-order chi connectivity index (χ0) is 16.0. The van der Waals surface area contributed by atoms with Crippen LogP contribution in [0.15, 0.2) is 24.3 Å². The fourth-order valence-corrected chi connectivity index (χ4v) is 1.91. The third kappa shape index (κ3) is 5.19. The molecule has 0 radical (unpaired) electrons. The average molecular weight is 292 g/mol. The number of rotatable bonds is 6. The van der Waals surface area contributed by atoms with Gasteiger partial charge in [0.1, 0.15) is 0 Å². The predicted molar refractivity (Wildman–Crippen MR) is 81.8 cm³/mol. The lowest BCUT2D eigenvalue weighted by Gasteiger charge is -2.19. The summed E-state index contributed by atoms with van der Waals surface area (Å²) in [6.45, 7) is 5.90. The molecular formula is C16H24N2O3. The molecule has 5 heteroatoms. The Labute approximate surface area is 126 Å². The highest BCUT2D eigenvalue weighted by Crippen LogP contribution is 2.09. The van der Waals surface area contributed by atoms with E-state index in [1.807, 2.05) is 26.0 Å². The van der Waals surface area contributed by atoms with Gasteiger partial charge in [0.25, 0.3) is 5.91 Å². The van der Waals surface area contributed by atoms with Crippen molar-refractivity contribution in [2.24, 2.45) is 5.92 Å². The van der Waals surface area contributed by atoms with E-state index in [1.54, 1.807) is 31.0 Å².